The van der Waals surface area contributed by atoms with Gasteiger partial charge in [0.1, 0.15) is 61.1 Å². The van der Waals surface area contributed by atoms with Crippen LogP contribution in [0.1, 0.15) is 307 Å². The number of carbonyl (C=O) groups excluding carboxylic acids is 16. The molecule has 1 aromatic carbocycles. The van der Waals surface area contributed by atoms with Crippen LogP contribution in [0.15, 0.2) is 55.6 Å². The van der Waals surface area contributed by atoms with E-state index in [1.165, 1.54) is 25.3 Å². The lowest BCUT2D eigenvalue weighted by atomic mass is 9.53. The molecular formula is C112H165N13O19. The Morgan fingerprint density at radius 1 is 0.500 bits per heavy atom. The Morgan fingerprint density at radius 2 is 0.938 bits per heavy atom. The highest BCUT2D eigenvalue weighted by molar-refractivity contribution is 6.39. The quantitative estimate of drug-likeness (QED) is 0.00734. The number of ketones is 3. The van der Waals surface area contributed by atoms with Gasteiger partial charge in [-0.15, -0.1) is 25.5 Å². The molecule has 18 atom stereocenters. The second kappa shape index (κ2) is 45.6. The van der Waals surface area contributed by atoms with Gasteiger partial charge in [-0.2, -0.15) is 0 Å². The van der Waals surface area contributed by atoms with Crippen LogP contribution in [0.25, 0.3) is 0 Å². The highest BCUT2D eigenvalue weighted by atomic mass is 16.6. The average Bonchev–Trinajstić information content (AvgIpc) is 1.53. The Morgan fingerprint density at radius 3 is 1.36 bits per heavy atom. The minimum Gasteiger partial charge on any atom is -0.460 e. The van der Waals surface area contributed by atoms with Gasteiger partial charge in [0.15, 0.2) is 0 Å². The Bertz CT molecular complexity index is 4930. The van der Waals surface area contributed by atoms with Crippen LogP contribution >= 0.6 is 0 Å². The van der Waals surface area contributed by atoms with Crippen LogP contribution < -0.4 is 53.2 Å². The summed E-state index contributed by atoms with van der Waals surface area (Å²) in [7, 11) is 0. The predicted molar refractivity (Wildman–Crippen MR) is 540 cm³/mol. The molecule has 13 amide bonds. The van der Waals surface area contributed by atoms with Crippen LogP contribution in [0.3, 0.4) is 0 Å². The number of Topliss-reactive ketones (excluding diaryl/α,β-unsaturated/α-hetero) is 3. The monoisotopic (exact) mass is 2000 g/mol. The first-order chi connectivity index (χ1) is 68.3. The zero-order valence-electron chi connectivity index (χ0n) is 87.8. The smallest absolute Gasteiger partial charge is 0.408 e. The number of nitrogens with zero attached hydrogens (tertiary/aromatic N) is 3. The van der Waals surface area contributed by atoms with E-state index >= 15 is 0 Å². The summed E-state index contributed by atoms with van der Waals surface area (Å²) in [6, 6.07) is 0.866. The molecular weight excluding hydrogens is 1830 g/mol. The third kappa shape index (κ3) is 24.7. The summed E-state index contributed by atoms with van der Waals surface area (Å²) in [5.41, 5.74) is -0.801. The molecule has 792 valence electrons. The number of nitrogens with one attached hydrogen (secondary N) is 10. The number of piperidine rings is 3. The molecule has 0 aromatic heterocycles. The Balaban J connectivity index is 0.000000171. The summed E-state index contributed by atoms with van der Waals surface area (Å²) in [6.45, 7) is 34.7. The number of amides is 13. The van der Waals surface area contributed by atoms with Crippen molar-refractivity contribution in [2.75, 3.05) is 39.3 Å². The second-order valence-corrected chi connectivity index (χ2v) is 49.1. The molecule has 3 heterocycles. The predicted octanol–water partition coefficient (Wildman–Crippen LogP) is 12.4. The van der Waals surface area contributed by atoms with E-state index in [4.69, 9.17) is 20.6 Å². The molecule has 16 fully saturated rings. The van der Waals surface area contributed by atoms with Crippen LogP contribution in [0.5, 0.6) is 0 Å². The number of urea groups is 1. The van der Waals surface area contributed by atoms with E-state index in [1.54, 1.807) is 53.7 Å². The van der Waals surface area contributed by atoms with Gasteiger partial charge in [0.2, 0.25) is 52.8 Å². The zero-order chi connectivity index (χ0) is 104. The van der Waals surface area contributed by atoms with Gasteiger partial charge in [-0.3, -0.25) is 62.3 Å². The van der Waals surface area contributed by atoms with Gasteiger partial charge in [0.25, 0.3) is 17.7 Å². The third-order valence-corrected chi connectivity index (χ3v) is 36.7. The maximum atomic E-state index is 14.6. The lowest BCUT2D eigenvalue weighted by molar-refractivity contribution is -0.147. The van der Waals surface area contributed by atoms with Crippen LogP contribution in [0.2, 0.25) is 0 Å². The first-order valence-electron chi connectivity index (χ1n) is 54.5. The van der Waals surface area contributed by atoms with E-state index < -0.39 is 137 Å². The van der Waals surface area contributed by atoms with Gasteiger partial charge in [-0.1, -0.05) is 195 Å². The number of carbonyl (C=O) groups is 16. The van der Waals surface area contributed by atoms with E-state index in [0.29, 0.717) is 69.0 Å². The van der Waals surface area contributed by atoms with Crippen molar-refractivity contribution in [2.45, 2.75) is 380 Å². The highest BCUT2D eigenvalue weighted by Gasteiger charge is 2.73. The number of alkyl carbamates (subject to hydrolysis) is 2. The summed E-state index contributed by atoms with van der Waals surface area (Å²) in [4.78, 5) is 221. The molecule has 17 rings (SSSR count). The molecule has 10 N–H and O–H groups in total. The summed E-state index contributed by atoms with van der Waals surface area (Å²) in [5, 5.41) is 28.4. The normalized spacial score (nSPS) is 30.3. The average molecular weight is 2000 g/mol. The summed E-state index contributed by atoms with van der Waals surface area (Å²) in [6.07, 6.45) is 36.0. The third-order valence-electron chi connectivity index (χ3n) is 36.7. The molecule has 6 bridgehead atoms. The molecule has 16 aliphatic rings. The fourth-order valence-electron chi connectivity index (χ4n) is 28.7. The van der Waals surface area contributed by atoms with Crippen molar-refractivity contribution >= 4 is 94.7 Å². The second-order valence-electron chi connectivity index (χ2n) is 49.1. The summed E-state index contributed by atoms with van der Waals surface area (Å²) in [5.74, 6) is -2.54. The van der Waals surface area contributed by atoms with Crippen molar-refractivity contribution in [3.63, 3.8) is 0 Å². The van der Waals surface area contributed by atoms with E-state index in [0.717, 1.165) is 160 Å². The molecule has 0 radical (unpaired) electrons. The number of likely N-dealkylation sites (tertiary alicyclic amines) is 3. The fourth-order valence-corrected chi connectivity index (χ4v) is 28.7. The molecule has 3 saturated heterocycles. The van der Waals surface area contributed by atoms with E-state index in [1.807, 2.05) is 25.1 Å². The molecule has 32 nitrogen and oxygen atoms in total. The Hall–Kier alpha value is -10.2. The van der Waals surface area contributed by atoms with Crippen molar-refractivity contribution in [1.29, 1.82) is 0 Å². The van der Waals surface area contributed by atoms with Crippen LogP contribution in [0, 0.1) is 122 Å². The van der Waals surface area contributed by atoms with Gasteiger partial charge in [0.05, 0.1) is 18.1 Å². The Kier molecular flexibility index (Phi) is 34.7. The van der Waals surface area contributed by atoms with Crippen molar-refractivity contribution < 1.29 is 90.9 Å². The van der Waals surface area contributed by atoms with Gasteiger partial charge >= 0.3 is 24.2 Å². The largest absolute Gasteiger partial charge is 0.460 e. The molecule has 32 heteroatoms. The highest BCUT2D eigenvalue weighted by Crippen LogP contribution is 2.68. The van der Waals surface area contributed by atoms with Crippen molar-refractivity contribution in [2.24, 2.45) is 110 Å². The number of terminal acetylenes is 1. The molecule has 13 saturated carbocycles. The van der Waals surface area contributed by atoms with Gasteiger partial charge < -0.3 is 82.1 Å². The van der Waals surface area contributed by atoms with Crippen molar-refractivity contribution in [1.82, 2.24) is 67.9 Å². The van der Waals surface area contributed by atoms with Crippen LogP contribution in [0.4, 0.5) is 14.4 Å². The first kappa shape index (κ1) is 109. The number of allylic oxidation sites excluding steroid dienone is 1. The van der Waals surface area contributed by atoms with Gasteiger partial charge in [-0.05, 0) is 247 Å². The molecule has 144 heavy (non-hydrogen) atoms. The van der Waals surface area contributed by atoms with E-state index in [-0.39, 0.29) is 154 Å². The number of hydrogen-bond donors (Lipinski definition) is 10. The van der Waals surface area contributed by atoms with Crippen molar-refractivity contribution in [3.8, 4) is 12.3 Å². The van der Waals surface area contributed by atoms with Gasteiger partial charge in [-0.25, -0.2) is 14.4 Å². The van der Waals surface area contributed by atoms with E-state index in [9.17, 15) is 76.7 Å². The molecule has 3 aliphatic heterocycles. The molecule has 1 aromatic rings. The zero-order valence-corrected chi connectivity index (χ0v) is 87.8. The number of ether oxygens (including phenoxy) is 3. The van der Waals surface area contributed by atoms with Crippen LogP contribution in [-0.2, 0) is 83.1 Å². The number of esters is 1. The minimum absolute atomic E-state index is 0.00404. The minimum atomic E-state index is -1.11. The lowest BCUT2D eigenvalue weighted by Crippen LogP contribution is -2.64. The van der Waals surface area contributed by atoms with Crippen LogP contribution in [-0.4, -0.2) is 220 Å². The fraction of sp³-hybridized carbons (Fsp3) is 0.750. The SMILES string of the molecule is C#CCCNC(=O)C(=O)C(CCC=C)NC(=O)[C@@H]1[C@@H]2[C@H](CN1C(=O)[C@@H](NC(=O)NC13CC4CC(CC(C4)C1)C3)C1CCCCC1)C2(C)C.C=CCNC(=O)C(=O)C(CCC)NC(=O)[C@@H]1[C@@H]2[C@H](CN1C(=O)[C@@H](NC(=O)OC1C3(C)CCC(C3)C1(C)C)C1CCCCC1)C2(C)C.CC(C)(C)OC(=O)N[C@H](C(=O)N1C[C@H]2[C@@H](C1C(=O)NC(CC1CCC1)C(=O)C(=O)NCC(=O)OCc1ccccc1)C2(C)C)C1CCCCC1. The van der Waals surface area contributed by atoms with E-state index in [2.05, 4.69) is 135 Å². The molecule has 13 aliphatic carbocycles. The first-order valence-corrected chi connectivity index (χ1v) is 54.5. The molecule has 7 unspecified atom stereocenters. The number of rotatable bonds is 38. The number of hydrogen-bond acceptors (Lipinski definition) is 19. The van der Waals surface area contributed by atoms with Gasteiger partial charge in [0, 0.05) is 55.5 Å². The summed E-state index contributed by atoms with van der Waals surface area (Å²) >= 11 is 0. The van der Waals surface area contributed by atoms with Crippen molar-refractivity contribution in [3.05, 3.63) is 61.2 Å². The molecule has 0 spiro atoms. The Labute approximate surface area is 851 Å². The topological polar surface area (TPSA) is 431 Å². The standard InChI is InChI=1S/C38H55N5O5.C38H54N4O8.C36H56N4O6/c1-5-7-14-28(32(44)34(46)39-15-8-6-2)40-33(45)31-29-27(37(29,3)4)22-43(31)35(47)30(26-12-10-9-11-13-26)41-36(48)42-38-19-23-16-24(20-38)18-25(17-23)21-38;1-37(2,3)50-36(48)41-30(25-17-10-7-11-18-25)35(47)42-21-26-29(38(26,4)5)31(42)33(45)40-27(19-23-15-12-16-23)32(44)34(46)39-20-28(43)49-22-24-13-8-6-9-14-24;1-8-13-24(28(41)30(43)37-18-9-2)38-29(42)27-25-23(35(25,5)6)20-40(27)31(44)26(21-14-11-10-12-15-21)39-33(45)46-32-34(3,4)22-16-17-36(32,7)19-22/h2,5,23-31H,1,7-22H2,3-4H3,(H,39,46)(H,40,45)(H2,41,42,48);6,8-9,13-14,23,25-27,29-31H,7,10-12,15-22H2,1-5H3,(H,39,46)(H,40,45)(H,41,48);9,21-27,32H,2,8,10-20H2,1,3-7H3,(H,37,43)(H,38,42)(H,39,45)/t23?,24?,25?,27-,28?,29-,30-,31-,38?;26-,27?,29-,30-,31?;22?,23-,24?,25-,26-,27-,32?,36?/m000/s1. The maximum Gasteiger partial charge on any atom is 0.408 e. The number of benzene rings is 1. The lowest BCUT2D eigenvalue weighted by Gasteiger charge is -2.56. The maximum absolute atomic E-state index is 14.6. The summed E-state index contributed by atoms with van der Waals surface area (Å²) < 4.78 is 17.0. The number of fused-ring (bicyclic) bond motifs is 5.